The molecule has 1 aromatic heterocycles. The lowest BCUT2D eigenvalue weighted by Crippen LogP contribution is -2.38. The number of ether oxygens (including phenoxy) is 1. The summed E-state index contributed by atoms with van der Waals surface area (Å²) in [4.78, 5) is 31.0. The molecule has 0 bridgehead atoms. The molecular formula is C24H23BrN2O4. The van der Waals surface area contributed by atoms with Crippen LogP contribution in [0.2, 0.25) is 0 Å². The molecule has 1 atom stereocenters. The minimum Gasteiger partial charge on any atom is -0.450 e. The highest BCUT2D eigenvalue weighted by atomic mass is 79.9. The van der Waals surface area contributed by atoms with Crippen molar-refractivity contribution < 1.29 is 13.9 Å². The quantitative estimate of drug-likeness (QED) is 0.552. The Labute approximate surface area is 188 Å². The standard InChI is InChI=1S/C24H23BrN2O4/c25-17-7-8-19-18(15-17)22(28)20-21(16-5-2-1-3-6-16)27(24(29)23(20)31-19)10-4-9-26-11-13-30-14-12-26/h1-3,5-8,15,21H,4,9-14H2/t21-/m1/s1. The first-order valence-corrected chi connectivity index (χ1v) is 11.3. The van der Waals surface area contributed by atoms with Gasteiger partial charge >= 0.3 is 0 Å². The molecule has 1 saturated heterocycles. The maximum absolute atomic E-state index is 13.5. The Balaban J connectivity index is 1.52. The number of carbonyl (C=O) groups excluding carboxylic acids is 1. The van der Waals surface area contributed by atoms with Crippen molar-refractivity contribution in [2.45, 2.75) is 12.5 Å². The molecule has 160 valence electrons. The van der Waals surface area contributed by atoms with Crippen LogP contribution < -0.4 is 5.43 Å². The summed E-state index contributed by atoms with van der Waals surface area (Å²) >= 11 is 3.43. The fourth-order valence-electron chi connectivity index (χ4n) is 4.49. The number of carbonyl (C=O) groups is 1. The van der Waals surface area contributed by atoms with E-state index in [0.29, 0.717) is 23.1 Å². The monoisotopic (exact) mass is 482 g/mol. The molecule has 1 amide bonds. The van der Waals surface area contributed by atoms with E-state index in [4.69, 9.17) is 9.15 Å². The second-order valence-electron chi connectivity index (χ2n) is 7.93. The number of morpholine rings is 1. The summed E-state index contributed by atoms with van der Waals surface area (Å²) in [6.07, 6.45) is 0.822. The van der Waals surface area contributed by atoms with Crippen LogP contribution in [0.5, 0.6) is 0 Å². The molecule has 2 aliphatic rings. The summed E-state index contributed by atoms with van der Waals surface area (Å²) in [5.41, 5.74) is 1.65. The Morgan fingerprint density at radius 1 is 1.00 bits per heavy atom. The maximum Gasteiger partial charge on any atom is 0.290 e. The molecule has 0 saturated carbocycles. The predicted octanol–water partition coefficient (Wildman–Crippen LogP) is 3.82. The number of fused-ring (bicyclic) bond motifs is 2. The first-order chi connectivity index (χ1) is 15.1. The highest BCUT2D eigenvalue weighted by Crippen LogP contribution is 2.38. The summed E-state index contributed by atoms with van der Waals surface area (Å²) in [7, 11) is 0. The van der Waals surface area contributed by atoms with Crippen LogP contribution in [0.25, 0.3) is 11.0 Å². The van der Waals surface area contributed by atoms with E-state index in [9.17, 15) is 9.59 Å². The number of rotatable bonds is 5. The van der Waals surface area contributed by atoms with E-state index in [0.717, 1.165) is 49.3 Å². The third kappa shape index (κ3) is 3.82. The van der Waals surface area contributed by atoms with Crippen molar-refractivity contribution in [2.24, 2.45) is 0 Å². The van der Waals surface area contributed by atoms with Crippen LogP contribution >= 0.6 is 15.9 Å². The second kappa shape index (κ2) is 8.57. The minimum absolute atomic E-state index is 0.143. The van der Waals surface area contributed by atoms with Crippen molar-refractivity contribution in [3.8, 4) is 0 Å². The van der Waals surface area contributed by atoms with Crippen LogP contribution in [0.3, 0.4) is 0 Å². The van der Waals surface area contributed by atoms with Gasteiger partial charge in [-0.2, -0.15) is 0 Å². The average Bonchev–Trinajstić information content (AvgIpc) is 3.08. The van der Waals surface area contributed by atoms with Crippen LogP contribution in [0.1, 0.15) is 34.1 Å². The highest BCUT2D eigenvalue weighted by molar-refractivity contribution is 9.10. The third-order valence-corrected chi connectivity index (χ3v) is 6.51. The van der Waals surface area contributed by atoms with Crippen LogP contribution in [0.15, 0.2) is 62.2 Å². The Bertz CT molecular complexity index is 1170. The number of nitrogens with zero attached hydrogens (tertiary/aromatic N) is 2. The van der Waals surface area contributed by atoms with E-state index in [-0.39, 0.29) is 17.1 Å². The molecule has 3 aromatic rings. The van der Waals surface area contributed by atoms with Gasteiger partial charge in [0.2, 0.25) is 5.76 Å². The molecule has 0 radical (unpaired) electrons. The Morgan fingerprint density at radius 3 is 2.55 bits per heavy atom. The molecule has 0 N–H and O–H groups in total. The summed E-state index contributed by atoms with van der Waals surface area (Å²) in [6.45, 7) is 4.77. The number of hydrogen-bond acceptors (Lipinski definition) is 5. The lowest BCUT2D eigenvalue weighted by molar-refractivity contribution is 0.0353. The summed E-state index contributed by atoms with van der Waals surface area (Å²) < 4.78 is 12.2. The van der Waals surface area contributed by atoms with Gasteiger partial charge in [0.1, 0.15) is 5.58 Å². The van der Waals surface area contributed by atoms with E-state index in [2.05, 4.69) is 20.8 Å². The van der Waals surface area contributed by atoms with Crippen LogP contribution in [-0.2, 0) is 4.74 Å². The van der Waals surface area contributed by atoms with Crippen molar-refractivity contribution in [3.63, 3.8) is 0 Å². The topological polar surface area (TPSA) is 63.0 Å². The van der Waals surface area contributed by atoms with Gasteiger partial charge in [0.25, 0.3) is 5.91 Å². The van der Waals surface area contributed by atoms with Gasteiger partial charge in [-0.25, -0.2) is 0 Å². The van der Waals surface area contributed by atoms with E-state index in [1.54, 1.807) is 17.0 Å². The van der Waals surface area contributed by atoms with Gasteiger partial charge in [-0.3, -0.25) is 14.5 Å². The zero-order valence-electron chi connectivity index (χ0n) is 17.1. The van der Waals surface area contributed by atoms with Crippen LogP contribution in [0, 0.1) is 0 Å². The lowest BCUT2D eigenvalue weighted by atomic mass is 9.98. The van der Waals surface area contributed by atoms with Crippen LogP contribution in [0.4, 0.5) is 0 Å². The zero-order valence-corrected chi connectivity index (χ0v) is 18.6. The maximum atomic E-state index is 13.5. The normalized spacial score (nSPS) is 19.2. The molecule has 31 heavy (non-hydrogen) atoms. The third-order valence-electron chi connectivity index (χ3n) is 6.02. The van der Waals surface area contributed by atoms with E-state index < -0.39 is 6.04 Å². The van der Waals surface area contributed by atoms with Crippen molar-refractivity contribution in [1.82, 2.24) is 9.80 Å². The summed E-state index contributed by atoms with van der Waals surface area (Å²) in [6, 6.07) is 14.6. The number of hydrogen-bond donors (Lipinski definition) is 0. The van der Waals surface area contributed by atoms with Gasteiger partial charge in [-0.1, -0.05) is 46.3 Å². The molecule has 1 fully saturated rings. The molecular weight excluding hydrogens is 460 g/mol. The number of benzene rings is 2. The summed E-state index contributed by atoms with van der Waals surface area (Å²) in [5, 5.41) is 0.483. The van der Waals surface area contributed by atoms with Gasteiger partial charge < -0.3 is 14.1 Å². The van der Waals surface area contributed by atoms with Gasteiger partial charge in [-0.15, -0.1) is 0 Å². The van der Waals surface area contributed by atoms with Crippen molar-refractivity contribution in [2.75, 3.05) is 39.4 Å². The fourth-order valence-corrected chi connectivity index (χ4v) is 4.86. The summed E-state index contributed by atoms with van der Waals surface area (Å²) in [5.74, 6) is -0.0483. The second-order valence-corrected chi connectivity index (χ2v) is 8.85. The van der Waals surface area contributed by atoms with Crippen molar-refractivity contribution >= 4 is 32.8 Å². The molecule has 3 heterocycles. The highest BCUT2D eigenvalue weighted by Gasteiger charge is 2.42. The Kier molecular flexibility index (Phi) is 5.65. The number of amides is 1. The smallest absolute Gasteiger partial charge is 0.290 e. The molecule has 7 heteroatoms. The molecule has 6 nitrogen and oxygen atoms in total. The molecule has 0 unspecified atom stereocenters. The van der Waals surface area contributed by atoms with Crippen molar-refractivity contribution in [1.29, 1.82) is 0 Å². The average molecular weight is 483 g/mol. The molecule has 0 spiro atoms. The SMILES string of the molecule is O=C1c2oc3ccc(Br)cc3c(=O)c2[C@@H](c2ccccc2)N1CCCN1CCOCC1. The van der Waals surface area contributed by atoms with Gasteiger partial charge in [0, 0.05) is 30.7 Å². The van der Waals surface area contributed by atoms with E-state index in [1.165, 1.54) is 0 Å². The molecule has 2 aliphatic heterocycles. The van der Waals surface area contributed by atoms with Gasteiger partial charge in [-0.05, 0) is 30.2 Å². The zero-order chi connectivity index (χ0) is 21.4. The number of halogens is 1. The van der Waals surface area contributed by atoms with E-state index >= 15 is 0 Å². The lowest BCUT2D eigenvalue weighted by Gasteiger charge is -2.29. The molecule has 5 rings (SSSR count). The Hall–Kier alpha value is -2.48. The first-order valence-electron chi connectivity index (χ1n) is 10.6. The molecule has 2 aromatic carbocycles. The van der Waals surface area contributed by atoms with Crippen LogP contribution in [-0.4, -0.2) is 55.1 Å². The first kappa shape index (κ1) is 20.4. The van der Waals surface area contributed by atoms with Gasteiger partial charge in [0.05, 0.1) is 30.2 Å². The van der Waals surface area contributed by atoms with E-state index in [1.807, 2.05) is 36.4 Å². The fraction of sp³-hybridized carbons (Fsp3) is 0.333. The van der Waals surface area contributed by atoms with Crippen molar-refractivity contribution in [3.05, 3.63) is 80.1 Å². The largest absolute Gasteiger partial charge is 0.450 e. The van der Waals surface area contributed by atoms with Gasteiger partial charge in [0.15, 0.2) is 5.43 Å². The predicted molar refractivity (Wildman–Crippen MR) is 121 cm³/mol. The minimum atomic E-state index is -0.437. The Morgan fingerprint density at radius 2 is 1.77 bits per heavy atom. The molecule has 0 aliphatic carbocycles.